The van der Waals surface area contributed by atoms with Gasteiger partial charge in [-0.05, 0) is 51.9 Å². The molecule has 2 fully saturated rings. The van der Waals surface area contributed by atoms with Crippen molar-refractivity contribution in [2.45, 2.75) is 32.7 Å². The summed E-state index contributed by atoms with van der Waals surface area (Å²) in [5.74, 6) is 0.918. The molecule has 0 aromatic rings. The first kappa shape index (κ1) is 12.8. The second kappa shape index (κ2) is 5.83. The Morgan fingerprint density at radius 3 is 2.53 bits per heavy atom. The molecule has 98 valence electrons. The van der Waals surface area contributed by atoms with Gasteiger partial charge in [-0.25, -0.2) is 0 Å². The van der Waals surface area contributed by atoms with Crippen LogP contribution < -0.4 is 10.6 Å². The summed E-state index contributed by atoms with van der Waals surface area (Å²) in [6, 6.07) is 0.480. The van der Waals surface area contributed by atoms with Gasteiger partial charge in [0.15, 0.2) is 0 Å². The van der Waals surface area contributed by atoms with Crippen LogP contribution in [0, 0.1) is 11.8 Å². The van der Waals surface area contributed by atoms with E-state index in [-0.39, 0.29) is 11.8 Å². The molecule has 2 N–H and O–H groups in total. The zero-order valence-corrected chi connectivity index (χ0v) is 11.0. The van der Waals surface area contributed by atoms with Crippen LogP contribution in [0.5, 0.6) is 0 Å². The van der Waals surface area contributed by atoms with Crippen LogP contribution >= 0.6 is 0 Å². The van der Waals surface area contributed by atoms with E-state index in [9.17, 15) is 4.79 Å². The monoisotopic (exact) mass is 239 g/mol. The molecule has 4 heteroatoms. The second-order valence-corrected chi connectivity index (χ2v) is 5.54. The van der Waals surface area contributed by atoms with Gasteiger partial charge in [-0.2, -0.15) is 0 Å². The molecule has 0 radical (unpaired) electrons. The Kier molecular flexibility index (Phi) is 4.40. The summed E-state index contributed by atoms with van der Waals surface area (Å²) >= 11 is 0. The summed E-state index contributed by atoms with van der Waals surface area (Å²) in [6.45, 7) is 9.43. The van der Waals surface area contributed by atoms with E-state index in [1.807, 2.05) is 6.92 Å². The molecule has 2 aliphatic rings. The third-order valence-corrected chi connectivity index (χ3v) is 4.27. The van der Waals surface area contributed by atoms with E-state index in [1.165, 1.54) is 25.9 Å². The van der Waals surface area contributed by atoms with Gasteiger partial charge in [-0.1, -0.05) is 6.92 Å². The summed E-state index contributed by atoms with van der Waals surface area (Å²) < 4.78 is 0. The molecular formula is C13H25N3O. The molecule has 0 bridgehead atoms. The maximum Gasteiger partial charge on any atom is 0.223 e. The molecule has 2 heterocycles. The first-order valence-corrected chi connectivity index (χ1v) is 6.91. The van der Waals surface area contributed by atoms with Crippen LogP contribution in [0.2, 0.25) is 0 Å². The van der Waals surface area contributed by atoms with Gasteiger partial charge in [0.1, 0.15) is 0 Å². The van der Waals surface area contributed by atoms with E-state index in [0.29, 0.717) is 12.0 Å². The Labute approximate surface area is 104 Å². The zero-order chi connectivity index (χ0) is 12.3. The summed E-state index contributed by atoms with van der Waals surface area (Å²) in [7, 11) is 0. The van der Waals surface area contributed by atoms with Gasteiger partial charge in [0.05, 0.1) is 0 Å². The normalized spacial score (nSPS) is 25.3. The summed E-state index contributed by atoms with van der Waals surface area (Å²) in [4.78, 5) is 14.4. The molecule has 0 spiro atoms. The lowest BCUT2D eigenvalue weighted by molar-refractivity contribution is -0.126. The molecule has 2 atom stereocenters. The predicted molar refractivity (Wildman–Crippen MR) is 68.8 cm³/mol. The highest BCUT2D eigenvalue weighted by Gasteiger charge is 2.29. The molecule has 2 aliphatic heterocycles. The van der Waals surface area contributed by atoms with Crippen LogP contribution in [0.3, 0.4) is 0 Å². The molecule has 0 aromatic carbocycles. The Hall–Kier alpha value is -0.610. The Bertz CT molecular complexity index is 259. The maximum absolute atomic E-state index is 11.9. The quantitative estimate of drug-likeness (QED) is 0.732. The Balaban J connectivity index is 1.67. The number of nitrogens with one attached hydrogen (secondary N) is 2. The fourth-order valence-corrected chi connectivity index (χ4v) is 2.60. The molecule has 0 aromatic heterocycles. The van der Waals surface area contributed by atoms with Crippen LogP contribution in [0.25, 0.3) is 0 Å². The average molecular weight is 239 g/mol. The van der Waals surface area contributed by atoms with Gasteiger partial charge in [0.2, 0.25) is 5.91 Å². The van der Waals surface area contributed by atoms with Crippen molar-refractivity contribution in [3.05, 3.63) is 0 Å². The first-order valence-electron chi connectivity index (χ1n) is 6.91. The van der Waals surface area contributed by atoms with Crippen LogP contribution in [0.4, 0.5) is 0 Å². The van der Waals surface area contributed by atoms with Crippen molar-refractivity contribution in [3.8, 4) is 0 Å². The van der Waals surface area contributed by atoms with E-state index in [2.05, 4.69) is 22.5 Å². The van der Waals surface area contributed by atoms with Gasteiger partial charge < -0.3 is 10.6 Å². The van der Waals surface area contributed by atoms with Gasteiger partial charge >= 0.3 is 0 Å². The number of rotatable bonds is 5. The second-order valence-electron chi connectivity index (χ2n) is 5.54. The van der Waals surface area contributed by atoms with Crippen molar-refractivity contribution < 1.29 is 4.79 Å². The smallest absolute Gasteiger partial charge is 0.223 e. The lowest BCUT2D eigenvalue weighted by Gasteiger charge is -2.32. The van der Waals surface area contributed by atoms with E-state index < -0.39 is 0 Å². The highest BCUT2D eigenvalue weighted by molar-refractivity contribution is 5.78. The van der Waals surface area contributed by atoms with Crippen molar-refractivity contribution in [3.63, 3.8) is 0 Å². The number of likely N-dealkylation sites (tertiary alicyclic amines) is 1. The third-order valence-electron chi connectivity index (χ3n) is 4.27. The average Bonchev–Trinajstić information content (AvgIpc) is 2.76. The lowest BCUT2D eigenvalue weighted by Crippen LogP contribution is -2.51. The standard InChI is InChI=1S/C13H25N3O/c1-10(16-5-3-4-6-16)7-15-13(17)11(2)12-8-14-9-12/h10-12,14H,3-9H2,1-2H3,(H,15,17). The van der Waals surface area contributed by atoms with Crippen LogP contribution in [-0.4, -0.2) is 49.6 Å². The highest BCUT2D eigenvalue weighted by Crippen LogP contribution is 2.16. The fourth-order valence-electron chi connectivity index (χ4n) is 2.60. The minimum absolute atomic E-state index is 0.155. The van der Waals surface area contributed by atoms with E-state index in [0.717, 1.165) is 19.6 Å². The van der Waals surface area contributed by atoms with Crippen molar-refractivity contribution in [1.82, 2.24) is 15.5 Å². The maximum atomic E-state index is 11.9. The van der Waals surface area contributed by atoms with E-state index in [4.69, 9.17) is 0 Å². The van der Waals surface area contributed by atoms with Gasteiger partial charge in [-0.3, -0.25) is 9.69 Å². The molecule has 0 aliphatic carbocycles. The molecule has 2 saturated heterocycles. The van der Waals surface area contributed by atoms with Crippen molar-refractivity contribution >= 4 is 5.91 Å². The molecular weight excluding hydrogens is 214 g/mol. The Morgan fingerprint density at radius 1 is 1.35 bits per heavy atom. The SMILES string of the molecule is CC(C(=O)NCC(C)N1CCCC1)C1CNC1. The molecule has 4 nitrogen and oxygen atoms in total. The fraction of sp³-hybridized carbons (Fsp3) is 0.923. The molecule has 1 amide bonds. The first-order chi connectivity index (χ1) is 8.18. The predicted octanol–water partition coefficient (Wildman–Crippen LogP) is 0.442. The summed E-state index contributed by atoms with van der Waals surface area (Å²) in [5.41, 5.74) is 0. The minimum atomic E-state index is 0.155. The highest BCUT2D eigenvalue weighted by atomic mass is 16.1. The zero-order valence-electron chi connectivity index (χ0n) is 11.0. The number of hydrogen-bond donors (Lipinski definition) is 2. The summed E-state index contributed by atoms with van der Waals surface area (Å²) in [5, 5.41) is 6.32. The third kappa shape index (κ3) is 3.19. The van der Waals surface area contributed by atoms with Gasteiger partial charge in [-0.15, -0.1) is 0 Å². The van der Waals surface area contributed by atoms with Crippen LogP contribution in [0.15, 0.2) is 0 Å². The molecule has 0 saturated carbocycles. The van der Waals surface area contributed by atoms with Gasteiger partial charge in [0, 0.05) is 18.5 Å². The van der Waals surface area contributed by atoms with Crippen molar-refractivity contribution in [2.75, 3.05) is 32.7 Å². The number of amides is 1. The Morgan fingerprint density at radius 2 is 2.00 bits per heavy atom. The number of hydrogen-bond acceptors (Lipinski definition) is 3. The number of carbonyl (C=O) groups is 1. The minimum Gasteiger partial charge on any atom is -0.354 e. The van der Waals surface area contributed by atoms with Crippen molar-refractivity contribution in [1.29, 1.82) is 0 Å². The largest absolute Gasteiger partial charge is 0.354 e. The lowest BCUT2D eigenvalue weighted by atomic mass is 9.88. The van der Waals surface area contributed by atoms with Crippen molar-refractivity contribution in [2.24, 2.45) is 11.8 Å². The van der Waals surface area contributed by atoms with Gasteiger partial charge in [0.25, 0.3) is 0 Å². The number of nitrogens with zero attached hydrogens (tertiary/aromatic N) is 1. The van der Waals surface area contributed by atoms with E-state index in [1.54, 1.807) is 0 Å². The van der Waals surface area contributed by atoms with Crippen LogP contribution in [0.1, 0.15) is 26.7 Å². The molecule has 2 unspecified atom stereocenters. The summed E-state index contributed by atoms with van der Waals surface area (Å²) in [6.07, 6.45) is 2.62. The molecule has 17 heavy (non-hydrogen) atoms. The van der Waals surface area contributed by atoms with Crippen LogP contribution in [-0.2, 0) is 4.79 Å². The van der Waals surface area contributed by atoms with E-state index >= 15 is 0 Å². The number of carbonyl (C=O) groups excluding carboxylic acids is 1. The molecule has 2 rings (SSSR count). The topological polar surface area (TPSA) is 44.4 Å².